The van der Waals surface area contributed by atoms with Crippen molar-refractivity contribution in [3.63, 3.8) is 0 Å². The molecule has 2 aliphatic carbocycles. The van der Waals surface area contributed by atoms with Crippen molar-refractivity contribution in [3.05, 3.63) is 0 Å². The van der Waals surface area contributed by atoms with Crippen LogP contribution in [0.2, 0.25) is 0 Å². The molecule has 0 aromatic rings. The molecule has 4 fully saturated rings. The lowest BCUT2D eigenvalue weighted by molar-refractivity contribution is -0.317. The van der Waals surface area contributed by atoms with Crippen LogP contribution in [0.25, 0.3) is 0 Å². The summed E-state index contributed by atoms with van der Waals surface area (Å²) in [4.78, 5) is 13.0. The van der Waals surface area contributed by atoms with Gasteiger partial charge in [0.25, 0.3) is 5.91 Å². The van der Waals surface area contributed by atoms with Crippen LogP contribution in [0.3, 0.4) is 0 Å². The van der Waals surface area contributed by atoms with Crippen LogP contribution < -0.4 is 33.6 Å². The zero-order valence-corrected chi connectivity index (χ0v) is 25.5. The van der Waals surface area contributed by atoms with E-state index in [0.717, 1.165) is 0 Å². The Balaban J connectivity index is 1.50. The van der Waals surface area contributed by atoms with Crippen LogP contribution in [0.15, 0.2) is 0 Å². The zero-order chi connectivity index (χ0) is 33.9. The first-order chi connectivity index (χ1) is 21.7. The van der Waals surface area contributed by atoms with E-state index in [1.165, 1.54) is 0 Å². The maximum Gasteiger partial charge on any atom is 0.252 e. The molecule has 2 heterocycles. The summed E-state index contributed by atoms with van der Waals surface area (Å²) in [6.07, 6.45) is -15.4. The molecule has 19 heteroatoms. The van der Waals surface area contributed by atoms with Gasteiger partial charge in [-0.05, 0) is 19.4 Å². The fraction of sp³-hybridized carbons (Fsp3) is 0.963. The van der Waals surface area contributed by atoms with Gasteiger partial charge in [-0.25, -0.2) is 0 Å². The molecule has 2 unspecified atom stereocenters. The predicted octanol–water partition coefficient (Wildman–Crippen LogP) is -7.91. The van der Waals surface area contributed by atoms with E-state index < -0.39 is 110 Å². The molecule has 0 aromatic heterocycles. The molecule has 0 aromatic carbocycles. The van der Waals surface area contributed by atoms with Crippen molar-refractivity contribution in [1.29, 1.82) is 0 Å². The number of carbonyl (C=O) groups is 1. The van der Waals surface area contributed by atoms with E-state index in [2.05, 4.69) is 10.6 Å². The Morgan fingerprint density at radius 2 is 1.57 bits per heavy atom. The third-order valence-corrected chi connectivity index (χ3v) is 9.23. The smallest absolute Gasteiger partial charge is 0.252 e. The predicted molar refractivity (Wildman–Crippen MR) is 156 cm³/mol. The van der Waals surface area contributed by atoms with E-state index in [9.17, 15) is 45.6 Å². The first kappa shape index (κ1) is 37.6. The molecule has 46 heavy (non-hydrogen) atoms. The van der Waals surface area contributed by atoms with Crippen molar-refractivity contribution in [2.24, 2.45) is 22.9 Å². The van der Waals surface area contributed by atoms with Crippen LogP contribution in [-0.2, 0) is 23.7 Å². The molecule has 15 atom stereocenters. The van der Waals surface area contributed by atoms with Gasteiger partial charge in [0.05, 0.1) is 30.9 Å². The molecule has 4 aliphatic rings. The average Bonchev–Trinajstić information content (AvgIpc) is 2.98. The first-order valence-corrected chi connectivity index (χ1v) is 15.7. The summed E-state index contributed by atoms with van der Waals surface area (Å²) < 4.78 is 23.4. The van der Waals surface area contributed by atoms with E-state index in [1.807, 2.05) is 0 Å². The van der Waals surface area contributed by atoms with E-state index >= 15 is 0 Å². The normalized spacial score (nSPS) is 47.2. The number of hydrogen-bond donors (Lipinski definition) is 14. The Morgan fingerprint density at radius 3 is 2.20 bits per heavy atom. The summed E-state index contributed by atoms with van der Waals surface area (Å²) in [7, 11) is 0. The van der Waals surface area contributed by atoms with Crippen LogP contribution in [0.1, 0.15) is 32.1 Å². The minimum absolute atomic E-state index is 0.00704. The van der Waals surface area contributed by atoms with Crippen LogP contribution >= 0.6 is 0 Å². The lowest BCUT2D eigenvalue weighted by Gasteiger charge is -2.49. The van der Waals surface area contributed by atoms with Gasteiger partial charge in [-0.1, -0.05) is 0 Å². The Bertz CT molecular complexity index is 984. The van der Waals surface area contributed by atoms with E-state index in [4.69, 9.17) is 41.9 Å². The maximum absolute atomic E-state index is 13.0. The minimum atomic E-state index is -1.73. The summed E-state index contributed by atoms with van der Waals surface area (Å²) in [5.74, 6) is -0.762. The number of ether oxygens (including phenoxy) is 4. The molecule has 19 nitrogen and oxygen atoms in total. The van der Waals surface area contributed by atoms with Crippen LogP contribution in [0.4, 0.5) is 0 Å². The highest BCUT2D eigenvalue weighted by molar-refractivity contribution is 5.86. The van der Waals surface area contributed by atoms with Gasteiger partial charge >= 0.3 is 0 Å². The minimum Gasteiger partial charge on any atom is -0.394 e. The molecular formula is C27H52N6O13. The topological polar surface area (TPSA) is 344 Å². The van der Waals surface area contributed by atoms with Crippen molar-refractivity contribution in [3.8, 4) is 0 Å². The number of aliphatic hydroxyl groups is 8. The summed E-state index contributed by atoms with van der Waals surface area (Å²) in [6.45, 7) is -0.177. The van der Waals surface area contributed by atoms with Gasteiger partial charge in [0, 0.05) is 44.4 Å². The van der Waals surface area contributed by atoms with Crippen LogP contribution in [0.5, 0.6) is 0 Å². The zero-order valence-electron chi connectivity index (χ0n) is 25.5. The van der Waals surface area contributed by atoms with E-state index in [-0.39, 0.29) is 51.4 Å². The molecule has 0 radical (unpaired) electrons. The quantitative estimate of drug-likeness (QED) is 0.0866. The van der Waals surface area contributed by atoms with Gasteiger partial charge in [0.15, 0.2) is 12.6 Å². The second-order valence-electron chi connectivity index (χ2n) is 13.0. The highest BCUT2D eigenvalue weighted by Crippen LogP contribution is 2.34. The van der Waals surface area contributed by atoms with Gasteiger partial charge in [0.1, 0.15) is 54.4 Å². The van der Waals surface area contributed by atoms with Crippen molar-refractivity contribution < 1.29 is 64.6 Å². The standard InChI is InChI=1S/C27H52N6O13/c28-2-1-11(35)7-32-8-16-19(38)20(39)18(31)25(43-16)45-22-12(30)3-13(33-26(41)27(42)5-10(29)6-27)23(21(22)40)46-24-15(37)4-14(36)17(9-34)44-24/h10-25,32,34-40,42H,1-9,28-31H2,(H,33,41)/t10?,11?,12-,13+,14-,15+,16+,17+,18+,19+,20+,21-,22?,23-,24+,25+,27?/m0/s1. The van der Waals surface area contributed by atoms with Gasteiger partial charge in [-0.2, -0.15) is 0 Å². The van der Waals surface area contributed by atoms with Crippen molar-refractivity contribution in [2.45, 2.75) is 135 Å². The second kappa shape index (κ2) is 16.0. The van der Waals surface area contributed by atoms with Crippen molar-refractivity contribution in [2.75, 3.05) is 26.2 Å². The number of rotatable bonds is 13. The summed E-state index contributed by atoms with van der Waals surface area (Å²) >= 11 is 0. The number of carbonyl (C=O) groups excluding carboxylic acids is 1. The molecule has 2 saturated heterocycles. The second-order valence-corrected chi connectivity index (χ2v) is 13.0. The summed E-state index contributed by atoms with van der Waals surface area (Å²) in [5, 5.41) is 89.3. The molecule has 2 saturated carbocycles. The molecule has 268 valence electrons. The molecule has 18 N–H and O–H groups in total. The molecular weight excluding hydrogens is 616 g/mol. The SMILES string of the molecule is NCCC(O)CNC[C@H]1O[C@H](OC2[C@@H](N)C[C@@H](NC(=O)C3(O)CC(N)C3)[C@H](O[C@H]3O[C@H](CO)[C@@H](O)C[C@H]3O)[C@H]2O)[C@H](N)[C@@H](O)[C@@H]1O. The number of nitrogens with one attached hydrogen (secondary N) is 2. The van der Waals surface area contributed by atoms with Crippen LogP contribution in [-0.4, -0.2) is 176 Å². The number of amides is 1. The molecule has 0 bridgehead atoms. The third kappa shape index (κ3) is 8.50. The molecule has 2 aliphatic heterocycles. The highest BCUT2D eigenvalue weighted by atomic mass is 16.7. The molecule has 4 rings (SSSR count). The number of aliphatic hydroxyl groups excluding tert-OH is 7. The fourth-order valence-electron chi connectivity index (χ4n) is 6.42. The lowest BCUT2D eigenvalue weighted by atomic mass is 9.75. The fourth-order valence-corrected chi connectivity index (χ4v) is 6.42. The summed E-state index contributed by atoms with van der Waals surface area (Å²) in [6, 6.07) is -3.68. The highest BCUT2D eigenvalue weighted by Gasteiger charge is 2.53. The average molecular weight is 669 g/mol. The van der Waals surface area contributed by atoms with Gasteiger partial charge in [0.2, 0.25) is 0 Å². The van der Waals surface area contributed by atoms with Crippen LogP contribution in [0, 0.1) is 0 Å². The monoisotopic (exact) mass is 668 g/mol. The molecule has 1 amide bonds. The van der Waals surface area contributed by atoms with Gasteiger partial charge < -0.3 is 93.4 Å². The third-order valence-electron chi connectivity index (χ3n) is 9.23. The Hall–Kier alpha value is -1.21. The van der Waals surface area contributed by atoms with E-state index in [0.29, 0.717) is 6.42 Å². The van der Waals surface area contributed by atoms with Crippen molar-refractivity contribution >= 4 is 5.91 Å². The lowest BCUT2D eigenvalue weighted by Crippen LogP contribution is -2.70. The largest absolute Gasteiger partial charge is 0.394 e. The molecule has 0 spiro atoms. The van der Waals surface area contributed by atoms with Gasteiger partial charge in [-0.3, -0.25) is 4.79 Å². The number of nitrogens with two attached hydrogens (primary N) is 4. The van der Waals surface area contributed by atoms with Crippen molar-refractivity contribution in [1.82, 2.24) is 10.6 Å². The van der Waals surface area contributed by atoms with E-state index in [1.54, 1.807) is 0 Å². The number of hydrogen-bond acceptors (Lipinski definition) is 18. The van der Waals surface area contributed by atoms with Gasteiger partial charge in [-0.15, -0.1) is 0 Å². The Morgan fingerprint density at radius 1 is 0.913 bits per heavy atom. The first-order valence-electron chi connectivity index (χ1n) is 15.7. The Labute approximate surface area is 266 Å². The Kier molecular flexibility index (Phi) is 13.1. The maximum atomic E-state index is 13.0. The summed E-state index contributed by atoms with van der Waals surface area (Å²) in [5.41, 5.74) is 22.0.